The molecule has 0 aromatic carbocycles. The zero-order valence-corrected chi connectivity index (χ0v) is 37.5. The molecule has 0 aliphatic carbocycles. The summed E-state index contributed by atoms with van der Waals surface area (Å²) in [6, 6.07) is 0. The molecule has 1 N–H and O–H groups in total. The van der Waals surface area contributed by atoms with E-state index in [0.717, 1.165) is 96.9 Å². The maximum Gasteiger partial charge on any atom is 0.305 e. The maximum absolute atomic E-state index is 13.4. The standard InChI is InChI=1S/C45H90N2O5Si/c1-8-11-14-16-18-20-22-26-40-51-42(48)31-24-25-34-45(4,5)53(6,7)44(50)33-28-35-46-36-30-39-47(37-13-10-3)38-29-32-43(49)52-41-27-23-21-19-17-15-12-9-2/h46H,8-41H2,1-7H3. The molecule has 7 nitrogen and oxygen atoms in total. The minimum Gasteiger partial charge on any atom is -0.466 e. The number of hydrogen-bond acceptors (Lipinski definition) is 7. The molecule has 0 fully saturated rings. The molecule has 0 atom stereocenters. The van der Waals surface area contributed by atoms with Gasteiger partial charge in [-0.15, -0.1) is 0 Å². The van der Waals surface area contributed by atoms with E-state index in [0.29, 0.717) is 37.9 Å². The van der Waals surface area contributed by atoms with Gasteiger partial charge in [0.25, 0.3) is 0 Å². The van der Waals surface area contributed by atoms with E-state index in [1.807, 2.05) is 0 Å². The summed E-state index contributed by atoms with van der Waals surface area (Å²) >= 11 is 0. The normalized spacial score (nSPS) is 12.1. The Labute approximate surface area is 330 Å². The number of ether oxygens (including phenoxy) is 2. The largest absolute Gasteiger partial charge is 0.466 e. The Bertz CT molecular complexity index is 881. The number of carbonyl (C=O) groups is 3. The predicted octanol–water partition coefficient (Wildman–Crippen LogP) is 12.2. The molecule has 0 heterocycles. The number of nitrogens with zero attached hydrogens (tertiary/aromatic N) is 1. The maximum atomic E-state index is 13.4. The van der Waals surface area contributed by atoms with E-state index in [9.17, 15) is 14.4 Å². The molecule has 0 amide bonds. The molecule has 0 radical (unpaired) electrons. The number of rotatable bonds is 40. The molecular formula is C45H90N2O5Si. The van der Waals surface area contributed by atoms with Crippen molar-refractivity contribution >= 4 is 25.4 Å². The molecule has 0 aliphatic rings. The number of hydrogen-bond donors (Lipinski definition) is 1. The van der Waals surface area contributed by atoms with Crippen LogP contribution in [0.15, 0.2) is 0 Å². The lowest BCUT2D eigenvalue weighted by atomic mass is 10.0. The Morgan fingerprint density at radius 3 is 1.47 bits per heavy atom. The molecule has 0 saturated heterocycles. The van der Waals surface area contributed by atoms with Crippen molar-refractivity contribution in [3.63, 3.8) is 0 Å². The molecule has 53 heavy (non-hydrogen) atoms. The highest BCUT2D eigenvalue weighted by atomic mass is 28.3. The summed E-state index contributed by atoms with van der Waals surface area (Å²) in [4.78, 5) is 40.4. The van der Waals surface area contributed by atoms with Crippen LogP contribution in [0.4, 0.5) is 0 Å². The van der Waals surface area contributed by atoms with Crippen molar-refractivity contribution in [2.24, 2.45) is 0 Å². The van der Waals surface area contributed by atoms with E-state index < -0.39 is 8.07 Å². The third-order valence-electron chi connectivity index (χ3n) is 11.6. The van der Waals surface area contributed by atoms with Crippen LogP contribution in [0, 0.1) is 0 Å². The van der Waals surface area contributed by atoms with Crippen LogP contribution in [-0.2, 0) is 23.9 Å². The number of unbranched alkanes of at least 4 members (excludes halogenated alkanes) is 16. The lowest BCUT2D eigenvalue weighted by Crippen LogP contribution is -2.47. The third kappa shape index (κ3) is 29.7. The molecule has 0 spiro atoms. The van der Waals surface area contributed by atoms with Crippen LogP contribution in [0.1, 0.15) is 208 Å². The smallest absolute Gasteiger partial charge is 0.305 e. The van der Waals surface area contributed by atoms with Crippen molar-refractivity contribution in [2.45, 2.75) is 226 Å². The summed E-state index contributed by atoms with van der Waals surface area (Å²) < 4.78 is 11.0. The Balaban J connectivity index is 4.10. The van der Waals surface area contributed by atoms with Crippen molar-refractivity contribution in [2.75, 3.05) is 45.9 Å². The monoisotopic (exact) mass is 767 g/mol. The van der Waals surface area contributed by atoms with E-state index >= 15 is 0 Å². The highest BCUT2D eigenvalue weighted by molar-refractivity contribution is 7.06. The first kappa shape index (κ1) is 51.7. The van der Waals surface area contributed by atoms with Gasteiger partial charge >= 0.3 is 11.9 Å². The summed E-state index contributed by atoms with van der Waals surface area (Å²) in [6.45, 7) is 21.7. The Kier molecular flexibility index (Phi) is 34.3. The van der Waals surface area contributed by atoms with E-state index in [1.54, 1.807) is 0 Å². The van der Waals surface area contributed by atoms with E-state index in [2.05, 4.69) is 57.9 Å². The molecule has 0 rings (SSSR count). The molecule has 314 valence electrons. The van der Waals surface area contributed by atoms with Gasteiger partial charge in [0.1, 0.15) is 13.5 Å². The summed E-state index contributed by atoms with van der Waals surface area (Å²) in [5.74, 6) is -0.114. The first-order chi connectivity index (χ1) is 25.5. The zero-order valence-electron chi connectivity index (χ0n) is 36.5. The fourth-order valence-electron chi connectivity index (χ4n) is 6.92. The Morgan fingerprint density at radius 1 is 0.509 bits per heavy atom. The van der Waals surface area contributed by atoms with Crippen LogP contribution in [0.3, 0.4) is 0 Å². The first-order valence-electron chi connectivity index (χ1n) is 22.8. The van der Waals surface area contributed by atoms with Crippen LogP contribution in [0.25, 0.3) is 0 Å². The van der Waals surface area contributed by atoms with E-state index in [1.165, 1.54) is 89.9 Å². The Morgan fingerprint density at radius 2 is 0.943 bits per heavy atom. The third-order valence-corrected chi connectivity index (χ3v) is 16.9. The van der Waals surface area contributed by atoms with Crippen molar-refractivity contribution in [3.8, 4) is 0 Å². The average molecular weight is 767 g/mol. The van der Waals surface area contributed by atoms with E-state index in [-0.39, 0.29) is 17.0 Å². The molecule has 0 aromatic rings. The van der Waals surface area contributed by atoms with Gasteiger partial charge in [0.15, 0.2) is 0 Å². The highest BCUT2D eigenvalue weighted by Crippen LogP contribution is 2.43. The SMILES string of the molecule is CCCCCCCCCCOC(=O)CCCCC(C)(C)[Si](C)(C)C(=O)CCCNCCCN(CCCC)CCCC(=O)OCCCCCCCCCC. The van der Waals surface area contributed by atoms with Crippen LogP contribution in [0.5, 0.6) is 0 Å². The summed E-state index contributed by atoms with van der Waals surface area (Å²) in [5, 5.41) is 4.04. The van der Waals surface area contributed by atoms with Crippen molar-refractivity contribution in [1.82, 2.24) is 10.2 Å². The molecule has 8 heteroatoms. The van der Waals surface area contributed by atoms with Crippen molar-refractivity contribution in [1.29, 1.82) is 0 Å². The molecular weight excluding hydrogens is 677 g/mol. The molecule has 0 unspecified atom stereocenters. The predicted molar refractivity (Wildman–Crippen MR) is 229 cm³/mol. The first-order valence-corrected chi connectivity index (χ1v) is 25.8. The minimum absolute atomic E-state index is 0.00443. The lowest BCUT2D eigenvalue weighted by Gasteiger charge is -2.39. The van der Waals surface area contributed by atoms with Crippen LogP contribution < -0.4 is 5.32 Å². The number of carbonyl (C=O) groups excluding carboxylic acids is 3. The van der Waals surface area contributed by atoms with Gasteiger partial charge in [-0.3, -0.25) is 9.59 Å². The van der Waals surface area contributed by atoms with Crippen molar-refractivity contribution < 1.29 is 23.9 Å². The zero-order chi connectivity index (χ0) is 39.5. The van der Waals surface area contributed by atoms with Crippen LogP contribution >= 0.6 is 0 Å². The molecule has 0 bridgehead atoms. The van der Waals surface area contributed by atoms with Gasteiger partial charge in [-0.2, -0.15) is 0 Å². The van der Waals surface area contributed by atoms with Gasteiger partial charge in [0.2, 0.25) is 0 Å². The summed E-state index contributed by atoms with van der Waals surface area (Å²) in [6.07, 6.45) is 29.6. The topological polar surface area (TPSA) is 84.9 Å². The quantitative estimate of drug-likeness (QED) is 0.0377. The van der Waals surface area contributed by atoms with Crippen LogP contribution in [-0.4, -0.2) is 76.3 Å². The second-order valence-electron chi connectivity index (χ2n) is 17.0. The summed E-state index contributed by atoms with van der Waals surface area (Å²) in [7, 11) is -2.12. The molecule has 0 aliphatic heterocycles. The summed E-state index contributed by atoms with van der Waals surface area (Å²) in [5.41, 5.74) is 0. The minimum atomic E-state index is -2.12. The second kappa shape index (κ2) is 35.2. The highest BCUT2D eigenvalue weighted by Gasteiger charge is 2.44. The van der Waals surface area contributed by atoms with Crippen molar-refractivity contribution in [3.05, 3.63) is 0 Å². The van der Waals surface area contributed by atoms with Crippen LogP contribution in [0.2, 0.25) is 18.1 Å². The fourth-order valence-corrected chi connectivity index (χ4v) is 9.28. The second-order valence-corrected chi connectivity index (χ2v) is 22.2. The average Bonchev–Trinajstić information content (AvgIpc) is 3.13. The van der Waals surface area contributed by atoms with E-state index in [4.69, 9.17) is 9.47 Å². The van der Waals surface area contributed by atoms with Gasteiger partial charge in [-0.25, -0.2) is 0 Å². The Hall–Kier alpha value is -1.25. The lowest BCUT2D eigenvalue weighted by molar-refractivity contribution is -0.144. The number of nitrogens with one attached hydrogen (secondary N) is 1. The molecule has 0 saturated carbocycles. The van der Waals surface area contributed by atoms with Gasteiger partial charge < -0.3 is 24.5 Å². The van der Waals surface area contributed by atoms with Gasteiger partial charge in [0.05, 0.1) is 13.2 Å². The van der Waals surface area contributed by atoms with Gasteiger partial charge in [-0.1, -0.05) is 157 Å². The fraction of sp³-hybridized carbons (Fsp3) is 0.933. The number of esters is 2. The van der Waals surface area contributed by atoms with Gasteiger partial charge in [0, 0.05) is 19.3 Å². The molecule has 0 aromatic heterocycles. The van der Waals surface area contributed by atoms with Gasteiger partial charge in [-0.05, 0) is 82.7 Å².